The zero-order valence-electron chi connectivity index (χ0n) is 16.1. The number of carbonyl (C=O) groups is 1. The van der Waals surface area contributed by atoms with Gasteiger partial charge in [0, 0.05) is 42.0 Å². The van der Waals surface area contributed by atoms with E-state index in [1.165, 1.54) is 0 Å². The Morgan fingerprint density at radius 3 is 2.42 bits per heavy atom. The second kappa shape index (κ2) is 7.63. The molecule has 2 aromatic carbocycles. The van der Waals surface area contributed by atoms with E-state index in [1.807, 2.05) is 12.3 Å². The van der Waals surface area contributed by atoms with Gasteiger partial charge in [0.15, 0.2) is 0 Å². The van der Waals surface area contributed by atoms with Crippen molar-refractivity contribution >= 4 is 28.7 Å². The Bertz CT molecular complexity index is 1300. The number of aryl methyl sites for hydroxylation is 1. The quantitative estimate of drug-likeness (QED) is 0.383. The van der Waals surface area contributed by atoms with E-state index in [4.69, 9.17) is 0 Å². The molecule has 0 saturated heterocycles. The average Bonchev–Trinajstić information content (AvgIpc) is 3.19. The van der Waals surface area contributed by atoms with Gasteiger partial charge in [-0.1, -0.05) is 12.1 Å². The molecule has 0 radical (unpaired) electrons. The van der Waals surface area contributed by atoms with Gasteiger partial charge in [-0.25, -0.2) is 9.97 Å². The minimum Gasteiger partial charge on any atom is -0.322 e. The van der Waals surface area contributed by atoms with Crippen LogP contribution in [0, 0.1) is 27.2 Å². The standard InChI is InChI=1S/C20H14N6O5/c1-12-3-4-13(18-11-24-6-2-5-21-20(24)23-18)9-17(12)22-19(27)14-7-15(25(28)29)10-16(8-14)26(30)31/h2-11H,1H3,(H,22,27). The van der Waals surface area contributed by atoms with Crippen LogP contribution in [0.4, 0.5) is 17.1 Å². The largest absolute Gasteiger partial charge is 0.322 e. The van der Waals surface area contributed by atoms with Crippen LogP contribution in [0.3, 0.4) is 0 Å². The number of nitrogens with one attached hydrogen (secondary N) is 1. The number of amides is 1. The van der Waals surface area contributed by atoms with Crippen molar-refractivity contribution in [3.05, 3.63) is 92.4 Å². The van der Waals surface area contributed by atoms with Crippen molar-refractivity contribution in [2.24, 2.45) is 0 Å². The van der Waals surface area contributed by atoms with E-state index in [-0.39, 0.29) is 5.56 Å². The van der Waals surface area contributed by atoms with Gasteiger partial charge < -0.3 is 5.32 Å². The van der Waals surface area contributed by atoms with Gasteiger partial charge in [0.25, 0.3) is 17.3 Å². The molecule has 11 nitrogen and oxygen atoms in total. The number of non-ortho nitro benzene ring substituents is 2. The van der Waals surface area contributed by atoms with Crippen molar-refractivity contribution in [2.45, 2.75) is 6.92 Å². The highest BCUT2D eigenvalue weighted by molar-refractivity contribution is 6.05. The first kappa shape index (κ1) is 19.6. The normalized spacial score (nSPS) is 10.7. The lowest BCUT2D eigenvalue weighted by Crippen LogP contribution is -2.13. The van der Waals surface area contributed by atoms with Crippen molar-refractivity contribution in [3.8, 4) is 11.3 Å². The van der Waals surface area contributed by atoms with Gasteiger partial charge in [0.1, 0.15) is 0 Å². The van der Waals surface area contributed by atoms with E-state index in [2.05, 4.69) is 15.3 Å². The summed E-state index contributed by atoms with van der Waals surface area (Å²) < 4.78 is 1.76. The van der Waals surface area contributed by atoms with Gasteiger partial charge in [-0.2, -0.15) is 0 Å². The van der Waals surface area contributed by atoms with Crippen molar-refractivity contribution in [1.82, 2.24) is 14.4 Å². The Morgan fingerprint density at radius 1 is 1.06 bits per heavy atom. The van der Waals surface area contributed by atoms with Crippen LogP contribution in [0.1, 0.15) is 15.9 Å². The molecule has 11 heteroatoms. The molecule has 2 heterocycles. The minimum absolute atomic E-state index is 0.192. The van der Waals surface area contributed by atoms with Gasteiger partial charge in [0.05, 0.1) is 27.2 Å². The average molecular weight is 418 g/mol. The molecule has 0 spiro atoms. The zero-order chi connectivity index (χ0) is 22.1. The van der Waals surface area contributed by atoms with E-state index < -0.39 is 27.1 Å². The lowest BCUT2D eigenvalue weighted by atomic mass is 10.1. The monoisotopic (exact) mass is 418 g/mol. The molecule has 154 valence electrons. The van der Waals surface area contributed by atoms with Crippen molar-refractivity contribution < 1.29 is 14.6 Å². The lowest BCUT2D eigenvalue weighted by molar-refractivity contribution is -0.394. The first-order chi connectivity index (χ1) is 14.8. The molecule has 31 heavy (non-hydrogen) atoms. The number of nitro benzene ring substituents is 2. The molecule has 0 aliphatic rings. The summed E-state index contributed by atoms with van der Waals surface area (Å²) in [5, 5.41) is 24.8. The van der Waals surface area contributed by atoms with E-state index in [0.29, 0.717) is 17.2 Å². The fraction of sp³-hybridized carbons (Fsp3) is 0.0500. The van der Waals surface area contributed by atoms with Crippen molar-refractivity contribution in [2.75, 3.05) is 5.32 Å². The fourth-order valence-corrected chi connectivity index (χ4v) is 3.02. The Kier molecular flexibility index (Phi) is 4.83. The first-order valence-corrected chi connectivity index (χ1v) is 8.98. The van der Waals surface area contributed by atoms with Crippen LogP contribution in [0.15, 0.2) is 61.1 Å². The predicted octanol–water partition coefficient (Wildman–Crippen LogP) is 3.77. The SMILES string of the molecule is Cc1ccc(-c2cn3cccnc3n2)cc1NC(=O)c1cc([N+](=O)[O-])cc([N+](=O)[O-])c1. The third-order valence-electron chi connectivity index (χ3n) is 4.60. The maximum Gasteiger partial charge on any atom is 0.277 e. The molecule has 0 saturated carbocycles. The number of hydrogen-bond acceptors (Lipinski definition) is 7. The summed E-state index contributed by atoms with van der Waals surface area (Å²) in [5.74, 6) is -0.184. The summed E-state index contributed by atoms with van der Waals surface area (Å²) in [4.78, 5) is 41.9. The maximum atomic E-state index is 12.7. The molecular weight excluding hydrogens is 404 g/mol. The van der Waals surface area contributed by atoms with Crippen LogP contribution in [0.2, 0.25) is 0 Å². The summed E-state index contributed by atoms with van der Waals surface area (Å²) >= 11 is 0. The number of benzene rings is 2. The Morgan fingerprint density at radius 2 is 1.77 bits per heavy atom. The molecule has 1 amide bonds. The van der Waals surface area contributed by atoms with Crippen molar-refractivity contribution in [3.63, 3.8) is 0 Å². The number of imidazole rings is 1. The minimum atomic E-state index is -0.785. The summed E-state index contributed by atoms with van der Waals surface area (Å²) in [5.41, 5.74) is 1.27. The number of rotatable bonds is 5. The predicted molar refractivity (Wildman–Crippen MR) is 111 cm³/mol. The van der Waals surface area contributed by atoms with Gasteiger partial charge >= 0.3 is 0 Å². The van der Waals surface area contributed by atoms with Gasteiger partial charge in [-0.05, 0) is 24.6 Å². The number of fused-ring (bicyclic) bond motifs is 1. The van der Waals surface area contributed by atoms with E-state index in [1.54, 1.807) is 41.9 Å². The fourth-order valence-electron chi connectivity index (χ4n) is 3.02. The molecule has 0 bridgehead atoms. The lowest BCUT2D eigenvalue weighted by Gasteiger charge is -2.10. The van der Waals surface area contributed by atoms with Crippen molar-refractivity contribution in [1.29, 1.82) is 0 Å². The second-order valence-electron chi connectivity index (χ2n) is 6.69. The number of nitrogens with zero attached hydrogens (tertiary/aromatic N) is 5. The Balaban J connectivity index is 1.68. The Labute approximate surface area is 174 Å². The van der Waals surface area contributed by atoms with E-state index in [9.17, 15) is 25.0 Å². The smallest absolute Gasteiger partial charge is 0.277 e. The summed E-state index contributed by atoms with van der Waals surface area (Å²) in [6.07, 6.45) is 5.23. The van der Waals surface area contributed by atoms with E-state index in [0.717, 1.165) is 29.3 Å². The zero-order valence-corrected chi connectivity index (χ0v) is 16.1. The summed E-state index contributed by atoms with van der Waals surface area (Å²) in [7, 11) is 0. The van der Waals surface area contributed by atoms with Gasteiger partial charge in [0.2, 0.25) is 5.78 Å². The molecule has 1 N–H and O–H groups in total. The van der Waals surface area contributed by atoms with Gasteiger partial charge in [-0.3, -0.25) is 29.4 Å². The van der Waals surface area contributed by atoms with Gasteiger partial charge in [-0.15, -0.1) is 0 Å². The third kappa shape index (κ3) is 3.92. The Hall–Kier alpha value is -4.67. The second-order valence-corrected chi connectivity index (χ2v) is 6.69. The molecule has 4 aromatic rings. The highest BCUT2D eigenvalue weighted by atomic mass is 16.6. The number of hydrogen-bond donors (Lipinski definition) is 1. The van der Waals surface area contributed by atoms with Crippen LogP contribution in [0.5, 0.6) is 0 Å². The molecule has 0 fully saturated rings. The maximum absolute atomic E-state index is 12.7. The molecule has 0 aliphatic heterocycles. The number of carbonyl (C=O) groups excluding carboxylic acids is 1. The number of anilines is 1. The van der Waals surface area contributed by atoms with Crippen LogP contribution >= 0.6 is 0 Å². The molecule has 0 unspecified atom stereocenters. The van der Waals surface area contributed by atoms with E-state index >= 15 is 0 Å². The molecule has 0 atom stereocenters. The highest BCUT2D eigenvalue weighted by Gasteiger charge is 2.20. The summed E-state index contributed by atoms with van der Waals surface area (Å²) in [6, 6.07) is 9.91. The summed E-state index contributed by atoms with van der Waals surface area (Å²) in [6.45, 7) is 1.78. The molecule has 2 aromatic heterocycles. The molecule has 4 rings (SSSR count). The van der Waals surface area contributed by atoms with Crippen LogP contribution < -0.4 is 5.32 Å². The van der Waals surface area contributed by atoms with Crippen LogP contribution in [0.25, 0.3) is 17.0 Å². The third-order valence-corrected chi connectivity index (χ3v) is 4.60. The van der Waals surface area contributed by atoms with Crippen LogP contribution in [-0.4, -0.2) is 30.1 Å². The highest BCUT2D eigenvalue weighted by Crippen LogP contribution is 2.27. The van der Waals surface area contributed by atoms with Crippen LogP contribution in [-0.2, 0) is 0 Å². The molecular formula is C20H14N6O5. The first-order valence-electron chi connectivity index (χ1n) is 8.98. The number of aromatic nitrogens is 3. The molecule has 0 aliphatic carbocycles. The number of nitro groups is 2. The topological polar surface area (TPSA) is 146 Å².